The molecule has 2 rings (SSSR count). The monoisotopic (exact) mass is 294 g/mol. The highest BCUT2D eigenvalue weighted by Crippen LogP contribution is 2.16. The Bertz CT molecular complexity index is 553. The first kappa shape index (κ1) is 16.2. The van der Waals surface area contributed by atoms with Crippen LogP contribution in [0.3, 0.4) is 0 Å². The zero-order valence-corrected chi connectivity index (χ0v) is 12.4. The topological polar surface area (TPSA) is 75.0 Å². The Morgan fingerprint density at radius 1 is 1.40 bits per heavy atom. The molecule has 1 aromatic heterocycles. The van der Waals surface area contributed by atoms with Gasteiger partial charge in [0.15, 0.2) is 0 Å². The van der Waals surface area contributed by atoms with E-state index in [0.717, 1.165) is 17.1 Å². The number of benzene rings is 1. The molecule has 1 heterocycles. The number of aromatic nitrogens is 2. The Morgan fingerprint density at radius 2 is 2.05 bits per heavy atom. The summed E-state index contributed by atoms with van der Waals surface area (Å²) in [6.45, 7) is 2.10. The summed E-state index contributed by atoms with van der Waals surface area (Å²) in [6, 6.07) is 9.44. The highest BCUT2D eigenvalue weighted by molar-refractivity contribution is 5.85. The van der Waals surface area contributed by atoms with E-state index in [4.69, 9.17) is 5.73 Å². The lowest BCUT2D eigenvalue weighted by atomic mass is 10.2. The molecule has 20 heavy (non-hydrogen) atoms. The Labute approximate surface area is 124 Å². The molecule has 1 aromatic carbocycles. The summed E-state index contributed by atoms with van der Waals surface area (Å²) >= 11 is 0. The Kier molecular flexibility index (Phi) is 5.73. The third-order valence-corrected chi connectivity index (χ3v) is 2.87. The van der Waals surface area contributed by atoms with Gasteiger partial charge >= 0.3 is 0 Å². The molecule has 0 radical (unpaired) electrons. The van der Waals surface area contributed by atoms with Crippen LogP contribution in [-0.4, -0.2) is 33.9 Å². The van der Waals surface area contributed by atoms with Gasteiger partial charge < -0.3 is 15.6 Å². The third kappa shape index (κ3) is 3.82. The van der Waals surface area contributed by atoms with Crippen molar-refractivity contribution in [1.82, 2.24) is 14.9 Å². The van der Waals surface area contributed by atoms with Crippen LogP contribution in [0.15, 0.2) is 36.5 Å². The maximum Gasteiger partial charge on any atom is 0.239 e. The minimum Gasteiger partial charge on any atom is -0.341 e. The number of hydrogen-bond donors (Lipinski definition) is 2. The minimum atomic E-state index is -0.492. The molecule has 108 valence electrons. The number of hydrogen-bond acceptors (Lipinski definition) is 3. The van der Waals surface area contributed by atoms with Crippen molar-refractivity contribution in [2.24, 2.45) is 5.73 Å². The molecule has 0 bridgehead atoms. The van der Waals surface area contributed by atoms with Crippen molar-refractivity contribution in [3.63, 3.8) is 0 Å². The highest BCUT2D eigenvalue weighted by atomic mass is 35.5. The predicted molar refractivity (Wildman–Crippen MR) is 81.4 cm³/mol. The average Bonchev–Trinajstić information content (AvgIpc) is 2.87. The van der Waals surface area contributed by atoms with E-state index in [9.17, 15) is 4.79 Å². The molecule has 0 spiro atoms. The van der Waals surface area contributed by atoms with Crippen molar-refractivity contribution < 1.29 is 4.79 Å². The molecule has 0 saturated heterocycles. The number of aromatic amines is 1. The van der Waals surface area contributed by atoms with Gasteiger partial charge in [-0.05, 0) is 12.5 Å². The number of carbonyl (C=O) groups excluding carboxylic acids is 1. The van der Waals surface area contributed by atoms with E-state index >= 15 is 0 Å². The van der Waals surface area contributed by atoms with E-state index in [1.807, 2.05) is 30.3 Å². The fourth-order valence-corrected chi connectivity index (χ4v) is 1.86. The molecule has 1 atom stereocenters. The molecule has 0 aliphatic carbocycles. The standard InChI is InChI=1S/C14H18N4O.ClH/c1-10(15)14(19)18(2)9-13-16-8-12(17-13)11-6-4-3-5-7-11;/h3-8,10H,9,15H2,1-2H3,(H,16,17);1H/t10-;/m1./s1. The minimum absolute atomic E-state index is 0. The van der Waals surface area contributed by atoms with E-state index < -0.39 is 6.04 Å². The molecule has 5 nitrogen and oxygen atoms in total. The molecule has 0 unspecified atom stereocenters. The van der Waals surface area contributed by atoms with Crippen LogP contribution in [-0.2, 0) is 11.3 Å². The number of H-pyrrole nitrogens is 1. The second kappa shape index (κ2) is 7.07. The molecular weight excluding hydrogens is 276 g/mol. The number of likely N-dealkylation sites (N-methyl/N-ethyl adjacent to an activating group) is 1. The lowest BCUT2D eigenvalue weighted by molar-refractivity contribution is -0.131. The SMILES string of the molecule is C[C@@H](N)C(=O)N(C)Cc1ncc(-c2ccccc2)[nH]1.Cl. The molecule has 0 aliphatic rings. The van der Waals surface area contributed by atoms with E-state index in [1.165, 1.54) is 0 Å². The smallest absolute Gasteiger partial charge is 0.239 e. The van der Waals surface area contributed by atoms with Crippen LogP contribution in [0, 0.1) is 0 Å². The molecule has 6 heteroatoms. The first-order valence-electron chi connectivity index (χ1n) is 6.18. The molecule has 2 aromatic rings. The molecule has 0 aliphatic heterocycles. The van der Waals surface area contributed by atoms with Crippen LogP contribution in [0.4, 0.5) is 0 Å². The lowest BCUT2D eigenvalue weighted by Crippen LogP contribution is -2.39. The second-order valence-corrected chi connectivity index (χ2v) is 4.59. The van der Waals surface area contributed by atoms with Crippen LogP contribution >= 0.6 is 12.4 Å². The van der Waals surface area contributed by atoms with Gasteiger partial charge in [0.1, 0.15) is 5.82 Å². The van der Waals surface area contributed by atoms with Crippen molar-refractivity contribution in [3.05, 3.63) is 42.4 Å². The van der Waals surface area contributed by atoms with E-state index in [-0.39, 0.29) is 18.3 Å². The van der Waals surface area contributed by atoms with Gasteiger partial charge in [0.2, 0.25) is 5.91 Å². The van der Waals surface area contributed by atoms with Gasteiger partial charge in [0, 0.05) is 7.05 Å². The Hall–Kier alpha value is -1.85. The zero-order valence-electron chi connectivity index (χ0n) is 11.5. The first-order valence-corrected chi connectivity index (χ1v) is 6.18. The molecular formula is C14H19ClN4O. The molecule has 3 N–H and O–H groups in total. The summed E-state index contributed by atoms with van der Waals surface area (Å²) in [5, 5.41) is 0. The van der Waals surface area contributed by atoms with E-state index in [0.29, 0.717) is 6.54 Å². The van der Waals surface area contributed by atoms with Gasteiger partial charge in [-0.25, -0.2) is 4.98 Å². The van der Waals surface area contributed by atoms with E-state index in [1.54, 1.807) is 25.1 Å². The van der Waals surface area contributed by atoms with Crippen molar-refractivity contribution in [1.29, 1.82) is 0 Å². The molecule has 0 saturated carbocycles. The number of rotatable bonds is 4. The van der Waals surface area contributed by atoms with Gasteiger partial charge in [-0.3, -0.25) is 4.79 Å². The normalized spacial score (nSPS) is 11.6. The number of nitrogens with zero attached hydrogens (tertiary/aromatic N) is 2. The summed E-state index contributed by atoms with van der Waals surface area (Å²) in [5.41, 5.74) is 7.58. The predicted octanol–water partition coefficient (Wildman–Crippen LogP) is 1.80. The quantitative estimate of drug-likeness (QED) is 0.903. The summed E-state index contributed by atoms with van der Waals surface area (Å²) in [4.78, 5) is 20.7. The summed E-state index contributed by atoms with van der Waals surface area (Å²) < 4.78 is 0. The van der Waals surface area contributed by atoms with Gasteiger partial charge in [-0.1, -0.05) is 30.3 Å². The van der Waals surface area contributed by atoms with Crippen LogP contribution in [0.25, 0.3) is 11.3 Å². The number of imidazole rings is 1. The van der Waals surface area contributed by atoms with Crippen LogP contribution < -0.4 is 5.73 Å². The Balaban J connectivity index is 0.00000200. The largest absolute Gasteiger partial charge is 0.341 e. The van der Waals surface area contributed by atoms with Crippen molar-refractivity contribution in [2.75, 3.05) is 7.05 Å². The van der Waals surface area contributed by atoms with Crippen LogP contribution in [0.5, 0.6) is 0 Å². The van der Waals surface area contributed by atoms with Crippen LogP contribution in [0.2, 0.25) is 0 Å². The lowest BCUT2D eigenvalue weighted by Gasteiger charge is -2.17. The van der Waals surface area contributed by atoms with Crippen molar-refractivity contribution >= 4 is 18.3 Å². The van der Waals surface area contributed by atoms with Gasteiger partial charge in [-0.2, -0.15) is 0 Å². The first-order chi connectivity index (χ1) is 9.08. The fourth-order valence-electron chi connectivity index (χ4n) is 1.86. The van der Waals surface area contributed by atoms with E-state index in [2.05, 4.69) is 9.97 Å². The van der Waals surface area contributed by atoms with Gasteiger partial charge in [-0.15, -0.1) is 12.4 Å². The average molecular weight is 295 g/mol. The van der Waals surface area contributed by atoms with Crippen molar-refractivity contribution in [3.8, 4) is 11.3 Å². The summed E-state index contributed by atoms with van der Waals surface area (Å²) in [6.07, 6.45) is 1.77. The second-order valence-electron chi connectivity index (χ2n) is 4.59. The maximum atomic E-state index is 11.7. The number of halogens is 1. The summed E-state index contributed by atoms with van der Waals surface area (Å²) in [5.74, 6) is 0.646. The number of carbonyl (C=O) groups is 1. The fraction of sp³-hybridized carbons (Fsp3) is 0.286. The molecule has 1 amide bonds. The van der Waals surface area contributed by atoms with Crippen molar-refractivity contribution in [2.45, 2.75) is 19.5 Å². The summed E-state index contributed by atoms with van der Waals surface area (Å²) in [7, 11) is 1.72. The molecule has 0 fully saturated rings. The zero-order chi connectivity index (χ0) is 13.8. The number of amides is 1. The third-order valence-electron chi connectivity index (χ3n) is 2.87. The van der Waals surface area contributed by atoms with Crippen LogP contribution in [0.1, 0.15) is 12.7 Å². The highest BCUT2D eigenvalue weighted by Gasteiger charge is 2.14. The maximum absolute atomic E-state index is 11.7. The van der Waals surface area contributed by atoms with Gasteiger partial charge in [0.25, 0.3) is 0 Å². The number of nitrogens with one attached hydrogen (secondary N) is 1. The Morgan fingerprint density at radius 3 is 2.65 bits per heavy atom. The van der Waals surface area contributed by atoms with Gasteiger partial charge in [0.05, 0.1) is 24.5 Å². The number of nitrogens with two attached hydrogens (primary N) is 1.